The zero-order valence-corrected chi connectivity index (χ0v) is 14.1. The average Bonchev–Trinajstić information content (AvgIpc) is 2.26. The van der Waals surface area contributed by atoms with Crippen molar-refractivity contribution in [3.8, 4) is 0 Å². The lowest BCUT2D eigenvalue weighted by Crippen LogP contribution is -2.41. The van der Waals surface area contributed by atoms with Gasteiger partial charge in [0.1, 0.15) is 0 Å². The van der Waals surface area contributed by atoms with Gasteiger partial charge in [-0.1, -0.05) is 15.9 Å². The summed E-state index contributed by atoms with van der Waals surface area (Å²) in [4.78, 5) is 11.8. The number of nitrogens with one attached hydrogen (secondary N) is 2. The normalized spacial score (nSPS) is 12.2. The third-order valence-corrected chi connectivity index (χ3v) is 4.29. The van der Waals surface area contributed by atoms with E-state index >= 15 is 0 Å². The number of carbonyl (C=O) groups is 1. The van der Waals surface area contributed by atoms with Crippen molar-refractivity contribution in [1.29, 1.82) is 0 Å². The number of hydrogen-bond donors (Lipinski definition) is 2. The Kier molecular flexibility index (Phi) is 5.73. The monoisotopic (exact) mass is 362 g/mol. The smallest absolute Gasteiger partial charge is 0.240 e. The van der Waals surface area contributed by atoms with Gasteiger partial charge < -0.3 is 5.32 Å². The Labute approximate surface area is 128 Å². The van der Waals surface area contributed by atoms with E-state index in [-0.39, 0.29) is 29.3 Å². The molecule has 1 aromatic carbocycles. The lowest BCUT2D eigenvalue weighted by Gasteiger charge is -2.20. The van der Waals surface area contributed by atoms with Crippen LogP contribution in [0.5, 0.6) is 0 Å². The maximum Gasteiger partial charge on any atom is 0.240 e. The summed E-state index contributed by atoms with van der Waals surface area (Å²) < 4.78 is 27.1. The van der Waals surface area contributed by atoms with Crippen LogP contribution in [0.3, 0.4) is 0 Å². The van der Waals surface area contributed by atoms with Gasteiger partial charge >= 0.3 is 0 Å². The van der Waals surface area contributed by atoms with E-state index in [2.05, 4.69) is 26.0 Å². The van der Waals surface area contributed by atoms with Crippen LogP contribution in [0.15, 0.2) is 33.6 Å². The van der Waals surface area contributed by atoms with Gasteiger partial charge in [0, 0.05) is 23.0 Å². The number of halogens is 1. The molecule has 0 atom stereocenters. The average molecular weight is 363 g/mol. The highest BCUT2D eigenvalue weighted by molar-refractivity contribution is 9.10. The largest absolute Gasteiger partial charge is 0.351 e. The second-order valence-corrected chi connectivity index (χ2v) is 8.08. The molecule has 0 bridgehead atoms. The first kappa shape index (κ1) is 17.1. The second-order valence-electron chi connectivity index (χ2n) is 5.40. The van der Waals surface area contributed by atoms with Gasteiger partial charge in [0.25, 0.3) is 0 Å². The van der Waals surface area contributed by atoms with E-state index in [1.807, 2.05) is 20.8 Å². The number of carbonyl (C=O) groups excluding carboxylic acids is 1. The van der Waals surface area contributed by atoms with E-state index in [9.17, 15) is 13.2 Å². The lowest BCUT2D eigenvalue weighted by atomic mass is 10.1. The van der Waals surface area contributed by atoms with Crippen molar-refractivity contribution in [3.63, 3.8) is 0 Å². The minimum Gasteiger partial charge on any atom is -0.351 e. The van der Waals surface area contributed by atoms with Crippen LogP contribution in [-0.2, 0) is 14.8 Å². The second kappa shape index (κ2) is 6.69. The van der Waals surface area contributed by atoms with Crippen LogP contribution in [0.1, 0.15) is 27.2 Å². The molecule has 0 aromatic heterocycles. The molecule has 1 amide bonds. The summed E-state index contributed by atoms with van der Waals surface area (Å²) in [5.74, 6) is -0.184. The van der Waals surface area contributed by atoms with Crippen molar-refractivity contribution in [1.82, 2.24) is 10.0 Å². The summed E-state index contributed by atoms with van der Waals surface area (Å²) in [7, 11) is -3.57. The summed E-state index contributed by atoms with van der Waals surface area (Å²) in [6.07, 6.45) is 0.104. The molecular weight excluding hydrogens is 344 g/mol. The molecule has 112 valence electrons. The third-order valence-electron chi connectivity index (χ3n) is 2.28. The number of sulfonamides is 1. The molecule has 1 aromatic rings. The maximum absolute atomic E-state index is 12.0. The number of hydrogen-bond acceptors (Lipinski definition) is 3. The van der Waals surface area contributed by atoms with E-state index in [0.717, 1.165) is 4.47 Å². The molecule has 0 fully saturated rings. The van der Waals surface area contributed by atoms with Crippen LogP contribution >= 0.6 is 15.9 Å². The highest BCUT2D eigenvalue weighted by Gasteiger charge is 2.16. The van der Waals surface area contributed by atoms with Crippen LogP contribution in [0.4, 0.5) is 0 Å². The topological polar surface area (TPSA) is 75.3 Å². The molecule has 0 unspecified atom stereocenters. The minimum atomic E-state index is -3.57. The SMILES string of the molecule is CC(C)(C)NC(=O)CCNS(=O)(=O)c1ccc(Br)cc1. The first-order valence-corrected chi connectivity index (χ1v) is 8.44. The molecule has 20 heavy (non-hydrogen) atoms. The van der Waals surface area contributed by atoms with Crippen LogP contribution in [0.2, 0.25) is 0 Å². The predicted octanol–water partition coefficient (Wildman–Crippen LogP) is 2.03. The Bertz CT molecular complexity index is 562. The fourth-order valence-corrected chi connectivity index (χ4v) is 2.77. The van der Waals surface area contributed by atoms with Crippen LogP contribution in [0, 0.1) is 0 Å². The fraction of sp³-hybridized carbons (Fsp3) is 0.462. The molecule has 5 nitrogen and oxygen atoms in total. The number of amides is 1. The molecular formula is C13H19BrN2O3S. The Balaban J connectivity index is 2.53. The van der Waals surface area contributed by atoms with Crippen molar-refractivity contribution in [2.45, 2.75) is 37.6 Å². The Morgan fingerprint density at radius 1 is 1.20 bits per heavy atom. The van der Waals surface area contributed by atoms with Gasteiger partial charge in [-0.05, 0) is 45.0 Å². The third kappa shape index (κ3) is 6.02. The highest BCUT2D eigenvalue weighted by Crippen LogP contribution is 2.14. The van der Waals surface area contributed by atoms with Gasteiger partial charge in [0.2, 0.25) is 15.9 Å². The molecule has 0 saturated carbocycles. The summed E-state index contributed by atoms with van der Waals surface area (Å²) in [6, 6.07) is 6.31. The van der Waals surface area contributed by atoms with Gasteiger partial charge in [0.15, 0.2) is 0 Å². The molecule has 0 spiro atoms. The standard InChI is InChI=1S/C13H19BrN2O3S/c1-13(2,3)16-12(17)8-9-15-20(18,19)11-6-4-10(14)5-7-11/h4-7,15H,8-9H2,1-3H3,(H,16,17). The maximum atomic E-state index is 12.0. The Hall–Kier alpha value is -0.920. The van der Waals surface area contributed by atoms with Crippen molar-refractivity contribution in [3.05, 3.63) is 28.7 Å². The van der Waals surface area contributed by atoms with Crippen LogP contribution < -0.4 is 10.0 Å². The van der Waals surface area contributed by atoms with E-state index in [1.54, 1.807) is 12.1 Å². The Morgan fingerprint density at radius 2 is 1.75 bits per heavy atom. The number of rotatable bonds is 5. The van der Waals surface area contributed by atoms with E-state index < -0.39 is 10.0 Å². The summed E-state index contributed by atoms with van der Waals surface area (Å²) in [5, 5.41) is 2.77. The first-order chi connectivity index (χ1) is 9.10. The van der Waals surface area contributed by atoms with Crippen molar-refractivity contribution < 1.29 is 13.2 Å². The van der Waals surface area contributed by atoms with Crippen LogP contribution in [-0.4, -0.2) is 26.4 Å². The predicted molar refractivity (Wildman–Crippen MR) is 81.8 cm³/mol. The molecule has 0 radical (unpaired) electrons. The molecule has 0 aliphatic rings. The summed E-state index contributed by atoms with van der Waals surface area (Å²) >= 11 is 3.24. The van der Waals surface area contributed by atoms with Gasteiger partial charge in [0.05, 0.1) is 4.90 Å². The molecule has 0 heterocycles. The van der Waals surface area contributed by atoms with E-state index in [0.29, 0.717) is 0 Å². The zero-order valence-electron chi connectivity index (χ0n) is 11.7. The minimum absolute atomic E-state index is 0.0698. The molecule has 2 N–H and O–H groups in total. The van der Waals surface area contributed by atoms with Gasteiger partial charge in [-0.15, -0.1) is 0 Å². The highest BCUT2D eigenvalue weighted by atomic mass is 79.9. The summed E-state index contributed by atoms with van der Waals surface area (Å²) in [5.41, 5.74) is -0.318. The Morgan fingerprint density at radius 3 is 2.25 bits per heavy atom. The van der Waals surface area contributed by atoms with E-state index in [4.69, 9.17) is 0 Å². The zero-order chi connectivity index (χ0) is 15.4. The molecule has 0 saturated heterocycles. The molecule has 0 aliphatic heterocycles. The van der Waals surface area contributed by atoms with Gasteiger partial charge in [-0.3, -0.25) is 4.79 Å². The van der Waals surface area contributed by atoms with Crippen molar-refractivity contribution >= 4 is 31.9 Å². The first-order valence-electron chi connectivity index (χ1n) is 6.16. The van der Waals surface area contributed by atoms with Crippen LogP contribution in [0.25, 0.3) is 0 Å². The van der Waals surface area contributed by atoms with Gasteiger partial charge in [-0.25, -0.2) is 13.1 Å². The molecule has 0 aliphatic carbocycles. The van der Waals surface area contributed by atoms with Gasteiger partial charge in [-0.2, -0.15) is 0 Å². The molecule has 1 rings (SSSR count). The van der Waals surface area contributed by atoms with Crippen molar-refractivity contribution in [2.24, 2.45) is 0 Å². The van der Waals surface area contributed by atoms with Crippen molar-refractivity contribution in [2.75, 3.05) is 6.54 Å². The quantitative estimate of drug-likeness (QED) is 0.841. The summed E-state index contributed by atoms with van der Waals surface area (Å²) in [6.45, 7) is 5.69. The lowest BCUT2D eigenvalue weighted by molar-refractivity contribution is -0.122. The molecule has 7 heteroatoms. The fourth-order valence-electron chi connectivity index (χ4n) is 1.48. The number of benzene rings is 1. The van der Waals surface area contributed by atoms with E-state index in [1.165, 1.54) is 12.1 Å².